The van der Waals surface area contributed by atoms with E-state index in [2.05, 4.69) is 13.8 Å². The van der Waals surface area contributed by atoms with Gasteiger partial charge >= 0.3 is 0 Å². The number of rotatable bonds is 20. The summed E-state index contributed by atoms with van der Waals surface area (Å²) in [7, 11) is 0. The summed E-state index contributed by atoms with van der Waals surface area (Å²) in [6.45, 7) is 9.50. The molecule has 0 aromatic heterocycles. The van der Waals surface area contributed by atoms with Gasteiger partial charge in [0.25, 0.3) is 0 Å². The molecule has 8 heteroatoms. The minimum Gasteiger partial charge on any atom is -0.498 e. The van der Waals surface area contributed by atoms with Crippen LogP contribution >= 0.6 is 0 Å². The van der Waals surface area contributed by atoms with E-state index in [-0.39, 0.29) is 12.2 Å². The number of fused-ring (bicyclic) bond motifs is 1. The molecule has 0 spiro atoms. The molecule has 2 fully saturated rings. The Balaban J connectivity index is 1.57. The minimum atomic E-state index is 0.162. The highest BCUT2D eigenvalue weighted by Crippen LogP contribution is 2.36. The monoisotopic (exact) mass is 472 g/mol. The maximum absolute atomic E-state index is 5.90. The first-order valence-electron chi connectivity index (χ1n) is 12.5. The smallest absolute Gasteiger partial charge is 0.147 e. The summed E-state index contributed by atoms with van der Waals surface area (Å²) in [4.78, 5) is 0. The van der Waals surface area contributed by atoms with Gasteiger partial charge in [-0.05, 0) is 37.5 Å². The van der Waals surface area contributed by atoms with Crippen molar-refractivity contribution in [1.82, 2.24) is 0 Å². The molecule has 4 unspecified atom stereocenters. The summed E-state index contributed by atoms with van der Waals surface area (Å²) < 4.78 is 44.7. The number of hydrogen-bond donors (Lipinski definition) is 0. The van der Waals surface area contributed by atoms with E-state index in [0.29, 0.717) is 58.3 Å². The summed E-state index contributed by atoms with van der Waals surface area (Å²) in [6.07, 6.45) is 12.9. The SMILES string of the molecule is CCCCO/C=C/OCCOCC1CC2OCOC2CC1COCCO/C=C/OCCCC. The summed E-state index contributed by atoms with van der Waals surface area (Å²) in [5.74, 6) is 0.738. The maximum Gasteiger partial charge on any atom is 0.147 e. The van der Waals surface area contributed by atoms with E-state index >= 15 is 0 Å². The van der Waals surface area contributed by atoms with Gasteiger partial charge in [-0.2, -0.15) is 0 Å². The standard InChI is InChI=1S/C25H44O8/c1-3-5-7-26-9-11-28-13-15-30-19-22-17-24-25(33-21-32-24)18-23(22)20-31-16-14-29-12-10-27-8-6-4-2/h9-12,22-25H,3-8,13-21H2,1-2H3/b11-9+,12-10+. The molecule has 0 aromatic rings. The highest BCUT2D eigenvalue weighted by molar-refractivity contribution is 4.89. The number of hydrogen-bond acceptors (Lipinski definition) is 8. The van der Waals surface area contributed by atoms with Gasteiger partial charge in [0.05, 0.1) is 51.8 Å². The van der Waals surface area contributed by atoms with Gasteiger partial charge in [-0.25, -0.2) is 0 Å². The van der Waals surface area contributed by atoms with Crippen molar-refractivity contribution in [3.05, 3.63) is 25.0 Å². The molecule has 1 aliphatic carbocycles. The lowest BCUT2D eigenvalue weighted by molar-refractivity contribution is -0.0421. The van der Waals surface area contributed by atoms with Crippen LogP contribution in [0.15, 0.2) is 25.0 Å². The fraction of sp³-hybridized carbons (Fsp3) is 0.840. The van der Waals surface area contributed by atoms with Crippen molar-refractivity contribution in [2.75, 3.05) is 59.6 Å². The molecule has 0 radical (unpaired) electrons. The molecule has 1 aliphatic heterocycles. The van der Waals surface area contributed by atoms with Crippen molar-refractivity contribution in [2.45, 2.75) is 64.6 Å². The zero-order valence-corrected chi connectivity index (χ0v) is 20.5. The van der Waals surface area contributed by atoms with Crippen LogP contribution in [0.5, 0.6) is 0 Å². The Hall–Kier alpha value is -1.48. The van der Waals surface area contributed by atoms with E-state index in [9.17, 15) is 0 Å². The van der Waals surface area contributed by atoms with Crippen LogP contribution in [-0.4, -0.2) is 71.9 Å². The second-order valence-corrected chi connectivity index (χ2v) is 8.40. The van der Waals surface area contributed by atoms with Crippen LogP contribution in [0.3, 0.4) is 0 Å². The first kappa shape index (κ1) is 27.8. The Kier molecular flexibility index (Phi) is 15.9. The van der Waals surface area contributed by atoms with Gasteiger partial charge < -0.3 is 37.9 Å². The predicted octanol–water partition coefficient (Wildman–Crippen LogP) is 4.40. The molecule has 1 saturated heterocycles. The minimum absolute atomic E-state index is 0.162. The highest BCUT2D eigenvalue weighted by atomic mass is 16.7. The average molecular weight is 473 g/mol. The summed E-state index contributed by atoms with van der Waals surface area (Å²) in [6, 6.07) is 0. The van der Waals surface area contributed by atoms with Gasteiger partial charge in [-0.15, -0.1) is 0 Å². The Morgan fingerprint density at radius 3 is 1.45 bits per heavy atom. The molecule has 4 atom stereocenters. The third kappa shape index (κ3) is 12.5. The van der Waals surface area contributed by atoms with Crippen LogP contribution in [0.2, 0.25) is 0 Å². The lowest BCUT2D eigenvalue weighted by Crippen LogP contribution is -2.41. The van der Waals surface area contributed by atoms with E-state index in [1.807, 2.05) is 0 Å². The molecule has 0 N–H and O–H groups in total. The van der Waals surface area contributed by atoms with E-state index in [1.165, 1.54) is 0 Å². The highest BCUT2D eigenvalue weighted by Gasteiger charge is 2.41. The summed E-state index contributed by atoms with van der Waals surface area (Å²) >= 11 is 0. The van der Waals surface area contributed by atoms with Crippen molar-refractivity contribution in [3.63, 3.8) is 0 Å². The molecule has 2 aliphatic rings. The van der Waals surface area contributed by atoms with Gasteiger partial charge in [-0.1, -0.05) is 26.7 Å². The van der Waals surface area contributed by atoms with Gasteiger partial charge in [0.15, 0.2) is 0 Å². The number of unbranched alkanes of at least 4 members (excludes halogenated alkanes) is 2. The van der Waals surface area contributed by atoms with Gasteiger partial charge in [-0.3, -0.25) is 0 Å². The average Bonchev–Trinajstić information content (AvgIpc) is 3.28. The molecule has 0 bridgehead atoms. The van der Waals surface area contributed by atoms with Crippen molar-refractivity contribution >= 4 is 0 Å². The fourth-order valence-corrected chi connectivity index (χ4v) is 3.83. The second kappa shape index (κ2) is 18.9. The third-order valence-corrected chi connectivity index (χ3v) is 5.80. The van der Waals surface area contributed by atoms with E-state index in [4.69, 9.17) is 37.9 Å². The van der Waals surface area contributed by atoms with E-state index < -0.39 is 0 Å². The van der Waals surface area contributed by atoms with Crippen molar-refractivity contribution in [3.8, 4) is 0 Å². The Bertz CT molecular complexity index is 469. The second-order valence-electron chi connectivity index (χ2n) is 8.40. The molecule has 33 heavy (non-hydrogen) atoms. The molecular weight excluding hydrogens is 428 g/mol. The van der Waals surface area contributed by atoms with Crippen molar-refractivity contribution in [1.29, 1.82) is 0 Å². The van der Waals surface area contributed by atoms with Crippen LogP contribution in [0.25, 0.3) is 0 Å². The van der Waals surface area contributed by atoms with Gasteiger partial charge in [0.1, 0.15) is 45.1 Å². The topological polar surface area (TPSA) is 73.8 Å². The fourth-order valence-electron chi connectivity index (χ4n) is 3.83. The largest absolute Gasteiger partial charge is 0.498 e. The van der Waals surface area contributed by atoms with Gasteiger partial charge in [0.2, 0.25) is 0 Å². The van der Waals surface area contributed by atoms with Crippen LogP contribution in [0, 0.1) is 11.8 Å². The lowest BCUT2D eigenvalue weighted by Gasteiger charge is -2.36. The van der Waals surface area contributed by atoms with Gasteiger partial charge in [0, 0.05) is 0 Å². The number of ether oxygens (including phenoxy) is 8. The van der Waals surface area contributed by atoms with E-state index in [0.717, 1.165) is 51.7 Å². The van der Waals surface area contributed by atoms with Crippen molar-refractivity contribution in [2.24, 2.45) is 11.8 Å². The Labute approximate surface area is 199 Å². The summed E-state index contributed by atoms with van der Waals surface area (Å²) in [5, 5.41) is 0. The van der Waals surface area contributed by atoms with Crippen molar-refractivity contribution < 1.29 is 37.9 Å². The maximum atomic E-state index is 5.90. The third-order valence-electron chi connectivity index (χ3n) is 5.80. The molecule has 2 rings (SSSR count). The predicted molar refractivity (Wildman–Crippen MR) is 124 cm³/mol. The Morgan fingerprint density at radius 1 is 0.606 bits per heavy atom. The quantitative estimate of drug-likeness (QED) is 0.191. The normalized spacial score (nSPS) is 24.9. The molecule has 0 amide bonds. The lowest BCUT2D eigenvalue weighted by atomic mass is 9.77. The summed E-state index contributed by atoms with van der Waals surface area (Å²) in [5.41, 5.74) is 0. The zero-order chi connectivity index (χ0) is 23.4. The van der Waals surface area contributed by atoms with Crippen LogP contribution < -0.4 is 0 Å². The molecule has 8 nitrogen and oxygen atoms in total. The van der Waals surface area contributed by atoms with E-state index in [1.54, 1.807) is 25.0 Å². The first-order chi connectivity index (χ1) is 16.3. The Morgan fingerprint density at radius 2 is 1.03 bits per heavy atom. The molecular formula is C25H44O8. The van der Waals surface area contributed by atoms with Crippen LogP contribution in [0.1, 0.15) is 52.4 Å². The molecule has 1 heterocycles. The zero-order valence-electron chi connectivity index (χ0n) is 20.5. The van der Waals surface area contributed by atoms with Crippen LogP contribution in [0.4, 0.5) is 0 Å². The first-order valence-corrected chi connectivity index (χ1v) is 12.5. The molecule has 1 saturated carbocycles. The molecule has 0 aromatic carbocycles. The van der Waals surface area contributed by atoms with Crippen LogP contribution in [-0.2, 0) is 37.9 Å². The molecule has 192 valence electrons.